The molecule has 4 rings (SSSR count). The van der Waals surface area contributed by atoms with E-state index in [0.717, 1.165) is 12.2 Å². The van der Waals surface area contributed by atoms with Gasteiger partial charge in [0.1, 0.15) is 12.4 Å². The highest BCUT2D eigenvalue weighted by atomic mass is 16.5. The third kappa shape index (κ3) is 3.97. The summed E-state index contributed by atoms with van der Waals surface area (Å²) >= 11 is 0. The molecule has 0 unspecified atom stereocenters. The Morgan fingerprint density at radius 2 is 1.88 bits per heavy atom. The third-order valence-electron chi connectivity index (χ3n) is 4.34. The van der Waals surface area contributed by atoms with Gasteiger partial charge in [-0.15, -0.1) is 5.10 Å². The first-order valence-electron chi connectivity index (χ1n) is 8.36. The van der Waals surface area contributed by atoms with Gasteiger partial charge in [-0.05, 0) is 29.7 Å². The molecule has 1 saturated carbocycles. The van der Waals surface area contributed by atoms with E-state index in [1.807, 2.05) is 30.3 Å². The monoisotopic (exact) mass is 336 g/mol. The number of benzene rings is 2. The molecule has 3 aromatic rings. The third-order valence-corrected chi connectivity index (χ3v) is 4.34. The molecular weight excluding hydrogens is 316 g/mol. The summed E-state index contributed by atoms with van der Waals surface area (Å²) in [5, 5.41) is 10.9. The van der Waals surface area contributed by atoms with Gasteiger partial charge in [-0.2, -0.15) is 0 Å². The lowest BCUT2D eigenvalue weighted by atomic mass is 10.1. The summed E-state index contributed by atoms with van der Waals surface area (Å²) in [5.41, 5.74) is 7.90. The molecule has 0 saturated heterocycles. The summed E-state index contributed by atoms with van der Waals surface area (Å²) in [6.07, 6.45) is 1.10. The zero-order valence-electron chi connectivity index (χ0n) is 13.8. The van der Waals surface area contributed by atoms with Crippen molar-refractivity contribution in [1.82, 2.24) is 15.5 Å². The van der Waals surface area contributed by atoms with Crippen molar-refractivity contribution in [3.05, 3.63) is 71.6 Å². The second-order valence-electron chi connectivity index (χ2n) is 6.21. The maximum absolute atomic E-state index is 5.83. The van der Waals surface area contributed by atoms with E-state index in [1.165, 1.54) is 11.1 Å². The Hall–Kier alpha value is -2.86. The molecular formula is C19H20N4O2. The van der Waals surface area contributed by atoms with Gasteiger partial charge in [0.2, 0.25) is 5.89 Å². The lowest BCUT2D eigenvalue weighted by molar-refractivity contribution is 0.306. The number of rotatable bonds is 7. The SMILES string of the molecule is Nc1nnc(CN[C@H]2C[C@@H]2c2ccc(OCc3ccccc3)cc2)o1. The topological polar surface area (TPSA) is 86.2 Å². The number of nitrogens with zero attached hydrogens (tertiary/aromatic N) is 2. The maximum Gasteiger partial charge on any atom is 0.312 e. The molecule has 0 amide bonds. The molecule has 25 heavy (non-hydrogen) atoms. The number of nitrogens with two attached hydrogens (primary N) is 1. The Morgan fingerprint density at radius 1 is 1.08 bits per heavy atom. The van der Waals surface area contributed by atoms with Crippen LogP contribution in [0.4, 0.5) is 6.01 Å². The van der Waals surface area contributed by atoms with E-state index in [0.29, 0.717) is 31.0 Å². The van der Waals surface area contributed by atoms with Crippen LogP contribution in [-0.2, 0) is 13.2 Å². The molecule has 128 valence electrons. The molecule has 0 bridgehead atoms. The van der Waals surface area contributed by atoms with Crippen LogP contribution in [0, 0.1) is 0 Å². The Kier molecular flexibility index (Phi) is 4.35. The van der Waals surface area contributed by atoms with Crippen molar-refractivity contribution in [2.24, 2.45) is 0 Å². The number of nitrogens with one attached hydrogen (secondary N) is 1. The van der Waals surface area contributed by atoms with E-state index in [4.69, 9.17) is 14.9 Å². The Labute approximate surface area is 146 Å². The quantitative estimate of drug-likeness (QED) is 0.690. The second kappa shape index (κ2) is 6.94. The fraction of sp³-hybridized carbons (Fsp3) is 0.263. The zero-order chi connectivity index (χ0) is 17.1. The van der Waals surface area contributed by atoms with Crippen molar-refractivity contribution >= 4 is 6.01 Å². The Morgan fingerprint density at radius 3 is 2.60 bits per heavy atom. The minimum absolute atomic E-state index is 0.107. The summed E-state index contributed by atoms with van der Waals surface area (Å²) in [5.74, 6) is 1.93. The van der Waals surface area contributed by atoms with Gasteiger partial charge in [0.25, 0.3) is 0 Å². The molecule has 1 aliphatic rings. The molecule has 2 atom stereocenters. The van der Waals surface area contributed by atoms with E-state index in [-0.39, 0.29) is 6.01 Å². The summed E-state index contributed by atoms with van der Waals surface area (Å²) in [4.78, 5) is 0. The molecule has 0 radical (unpaired) electrons. The number of hydrogen-bond donors (Lipinski definition) is 2. The predicted molar refractivity (Wildman–Crippen MR) is 93.9 cm³/mol. The van der Waals surface area contributed by atoms with Crippen molar-refractivity contribution < 1.29 is 9.15 Å². The molecule has 1 heterocycles. The van der Waals surface area contributed by atoms with Crippen LogP contribution in [0.3, 0.4) is 0 Å². The van der Waals surface area contributed by atoms with Crippen LogP contribution in [-0.4, -0.2) is 16.2 Å². The molecule has 0 aliphatic heterocycles. The molecule has 2 aromatic carbocycles. The van der Waals surface area contributed by atoms with Gasteiger partial charge < -0.3 is 20.2 Å². The van der Waals surface area contributed by atoms with Gasteiger partial charge in [-0.1, -0.05) is 47.6 Å². The minimum Gasteiger partial charge on any atom is -0.489 e. The van der Waals surface area contributed by atoms with Crippen LogP contribution in [0.25, 0.3) is 0 Å². The zero-order valence-corrected chi connectivity index (χ0v) is 13.8. The number of hydrogen-bond acceptors (Lipinski definition) is 6. The molecule has 1 aliphatic carbocycles. The first-order chi connectivity index (χ1) is 12.3. The van der Waals surface area contributed by atoms with Gasteiger partial charge in [0, 0.05) is 12.0 Å². The minimum atomic E-state index is 0.107. The Balaban J connectivity index is 1.26. The lowest BCUT2D eigenvalue weighted by Gasteiger charge is -2.07. The smallest absolute Gasteiger partial charge is 0.312 e. The van der Waals surface area contributed by atoms with Crippen molar-refractivity contribution in [2.75, 3.05) is 5.73 Å². The van der Waals surface area contributed by atoms with Gasteiger partial charge in [-0.25, -0.2) is 0 Å². The predicted octanol–water partition coefficient (Wildman–Crippen LogP) is 2.88. The van der Waals surface area contributed by atoms with Crippen LogP contribution >= 0.6 is 0 Å². The lowest BCUT2D eigenvalue weighted by Crippen LogP contribution is -2.17. The van der Waals surface area contributed by atoms with Crippen LogP contribution in [0.15, 0.2) is 59.0 Å². The first kappa shape index (κ1) is 15.7. The van der Waals surface area contributed by atoms with Gasteiger partial charge in [-0.3, -0.25) is 0 Å². The van der Waals surface area contributed by atoms with Gasteiger partial charge >= 0.3 is 6.01 Å². The van der Waals surface area contributed by atoms with E-state index < -0.39 is 0 Å². The summed E-state index contributed by atoms with van der Waals surface area (Å²) < 4.78 is 11.0. The average molecular weight is 336 g/mol. The highest BCUT2D eigenvalue weighted by Crippen LogP contribution is 2.41. The van der Waals surface area contributed by atoms with Crippen LogP contribution < -0.4 is 15.8 Å². The number of nitrogen functional groups attached to an aromatic ring is 1. The van der Waals surface area contributed by atoms with Crippen molar-refractivity contribution in [1.29, 1.82) is 0 Å². The van der Waals surface area contributed by atoms with Crippen molar-refractivity contribution in [3.63, 3.8) is 0 Å². The van der Waals surface area contributed by atoms with Crippen molar-refractivity contribution in [3.8, 4) is 5.75 Å². The second-order valence-corrected chi connectivity index (χ2v) is 6.21. The maximum atomic E-state index is 5.83. The number of aromatic nitrogens is 2. The standard InChI is InChI=1S/C19H20N4O2/c20-19-23-22-18(25-19)11-21-17-10-16(17)14-6-8-15(9-7-14)24-12-13-4-2-1-3-5-13/h1-9,16-17,21H,10-12H2,(H2,20,23)/t16-,17+/m1/s1. The van der Waals surface area contributed by atoms with Crippen LogP contribution in [0.5, 0.6) is 5.75 Å². The van der Waals surface area contributed by atoms with Gasteiger partial charge in [0.05, 0.1) is 6.54 Å². The highest BCUT2D eigenvalue weighted by Gasteiger charge is 2.38. The fourth-order valence-electron chi connectivity index (χ4n) is 2.90. The molecule has 0 spiro atoms. The van der Waals surface area contributed by atoms with E-state index in [1.54, 1.807) is 0 Å². The molecule has 1 fully saturated rings. The molecule has 6 nitrogen and oxygen atoms in total. The molecule has 3 N–H and O–H groups in total. The first-order valence-corrected chi connectivity index (χ1v) is 8.36. The highest BCUT2D eigenvalue weighted by molar-refractivity contribution is 5.34. The Bertz CT molecular complexity index is 817. The van der Waals surface area contributed by atoms with Crippen molar-refractivity contribution in [2.45, 2.75) is 31.5 Å². The average Bonchev–Trinajstić information content (AvgIpc) is 3.32. The number of anilines is 1. The summed E-state index contributed by atoms with van der Waals surface area (Å²) in [6.45, 7) is 1.13. The summed E-state index contributed by atoms with van der Waals surface area (Å²) in [6, 6.07) is 19.0. The largest absolute Gasteiger partial charge is 0.489 e. The van der Waals surface area contributed by atoms with E-state index in [2.05, 4.69) is 39.8 Å². The summed E-state index contributed by atoms with van der Waals surface area (Å²) in [7, 11) is 0. The van der Waals surface area contributed by atoms with Crippen LogP contribution in [0.1, 0.15) is 29.4 Å². The molecule has 6 heteroatoms. The number of ether oxygens (including phenoxy) is 1. The van der Waals surface area contributed by atoms with E-state index >= 15 is 0 Å². The van der Waals surface area contributed by atoms with Crippen LogP contribution in [0.2, 0.25) is 0 Å². The normalized spacial score (nSPS) is 18.9. The fourth-order valence-corrected chi connectivity index (χ4v) is 2.90. The molecule has 1 aromatic heterocycles. The van der Waals surface area contributed by atoms with Gasteiger partial charge in [0.15, 0.2) is 0 Å². The van der Waals surface area contributed by atoms with E-state index in [9.17, 15) is 0 Å².